The highest BCUT2D eigenvalue weighted by molar-refractivity contribution is 6.16. The molecule has 32 heavy (non-hydrogen) atoms. The molecule has 0 bridgehead atoms. The molecule has 0 radical (unpaired) electrons. The summed E-state index contributed by atoms with van der Waals surface area (Å²) in [6.07, 6.45) is 0. The van der Waals surface area contributed by atoms with Crippen molar-refractivity contribution < 1.29 is 13.9 Å². The van der Waals surface area contributed by atoms with Crippen LogP contribution in [0.1, 0.15) is 10.4 Å². The Kier molecular flexibility index (Phi) is 5.42. The molecule has 4 aromatic rings. The minimum atomic E-state index is -0.451. The summed E-state index contributed by atoms with van der Waals surface area (Å²) in [4.78, 5) is 24.9. The fraction of sp³-hybridized carbons (Fsp3) is 0.261. The molecule has 3 N–H and O–H groups in total. The lowest BCUT2D eigenvalue weighted by Crippen LogP contribution is -2.38. The van der Waals surface area contributed by atoms with Gasteiger partial charge in [-0.1, -0.05) is 18.2 Å². The standard InChI is InChI=1S/C23H23FN6O2/c24-15-4-3-5-16(14-15)26-23(31)19-20-22(28-18-7-2-1-6-17(18)27-20)30(21(19)25)9-8-29-10-12-32-13-11-29/h1-7,14H,8-13,25H2,(H,26,31). The van der Waals surface area contributed by atoms with Crippen molar-refractivity contribution in [1.29, 1.82) is 0 Å². The summed E-state index contributed by atoms with van der Waals surface area (Å²) in [5.74, 6) is -0.597. The normalized spacial score (nSPS) is 14.8. The van der Waals surface area contributed by atoms with Crippen LogP contribution in [0, 0.1) is 5.82 Å². The second-order valence-corrected chi connectivity index (χ2v) is 7.71. The van der Waals surface area contributed by atoms with Crippen LogP contribution in [0.2, 0.25) is 0 Å². The third kappa shape index (κ3) is 3.88. The topological polar surface area (TPSA) is 98.3 Å². The lowest BCUT2D eigenvalue weighted by Gasteiger charge is -2.26. The van der Waals surface area contributed by atoms with Crippen LogP contribution in [0.5, 0.6) is 0 Å². The van der Waals surface area contributed by atoms with Crippen molar-refractivity contribution >= 4 is 39.6 Å². The molecule has 3 heterocycles. The van der Waals surface area contributed by atoms with Gasteiger partial charge >= 0.3 is 0 Å². The van der Waals surface area contributed by atoms with Gasteiger partial charge in [0, 0.05) is 31.9 Å². The number of nitrogens with two attached hydrogens (primary N) is 1. The van der Waals surface area contributed by atoms with E-state index in [1.165, 1.54) is 18.2 Å². The molecule has 0 unspecified atom stereocenters. The predicted molar refractivity (Wildman–Crippen MR) is 121 cm³/mol. The van der Waals surface area contributed by atoms with E-state index in [1.54, 1.807) is 6.07 Å². The van der Waals surface area contributed by atoms with Gasteiger partial charge in [-0.2, -0.15) is 0 Å². The number of nitrogens with zero attached hydrogens (tertiary/aromatic N) is 4. The molecule has 0 spiro atoms. The molecular weight excluding hydrogens is 411 g/mol. The third-order valence-corrected chi connectivity index (χ3v) is 5.64. The Hall–Kier alpha value is -3.56. The van der Waals surface area contributed by atoms with Crippen molar-refractivity contribution in [2.24, 2.45) is 0 Å². The average Bonchev–Trinajstić information content (AvgIpc) is 3.07. The maximum Gasteiger partial charge on any atom is 0.261 e. The summed E-state index contributed by atoms with van der Waals surface area (Å²) in [7, 11) is 0. The van der Waals surface area contributed by atoms with Gasteiger partial charge in [0.25, 0.3) is 5.91 Å². The number of carbonyl (C=O) groups excluding carboxylic acids is 1. The Morgan fingerprint density at radius 1 is 1.06 bits per heavy atom. The van der Waals surface area contributed by atoms with Crippen LogP contribution in [-0.4, -0.2) is 58.2 Å². The Labute approximate surface area is 183 Å². The minimum absolute atomic E-state index is 0.240. The van der Waals surface area contributed by atoms with E-state index in [0.29, 0.717) is 42.1 Å². The molecule has 2 aromatic heterocycles. The molecule has 0 saturated carbocycles. The number of morpholine rings is 1. The number of benzene rings is 2. The Morgan fingerprint density at radius 2 is 1.81 bits per heavy atom. The summed E-state index contributed by atoms with van der Waals surface area (Å²) >= 11 is 0. The van der Waals surface area contributed by atoms with Crippen molar-refractivity contribution in [3.8, 4) is 0 Å². The number of para-hydroxylation sites is 2. The van der Waals surface area contributed by atoms with Gasteiger partial charge in [-0.05, 0) is 30.3 Å². The molecule has 1 fully saturated rings. The Morgan fingerprint density at radius 3 is 2.56 bits per heavy atom. The minimum Gasteiger partial charge on any atom is -0.384 e. The van der Waals surface area contributed by atoms with Gasteiger partial charge in [0.2, 0.25) is 0 Å². The predicted octanol–water partition coefficient (Wildman–Crippen LogP) is 2.89. The van der Waals surface area contributed by atoms with Gasteiger partial charge < -0.3 is 20.4 Å². The summed E-state index contributed by atoms with van der Waals surface area (Å²) in [6, 6.07) is 13.2. The molecule has 1 saturated heterocycles. The van der Waals surface area contributed by atoms with E-state index in [1.807, 2.05) is 28.8 Å². The second-order valence-electron chi connectivity index (χ2n) is 7.71. The number of amides is 1. The fourth-order valence-electron chi connectivity index (χ4n) is 3.99. The van der Waals surface area contributed by atoms with Crippen LogP contribution in [-0.2, 0) is 11.3 Å². The monoisotopic (exact) mass is 434 g/mol. The summed E-state index contributed by atoms with van der Waals surface area (Å²) in [5.41, 5.74) is 9.45. The van der Waals surface area contributed by atoms with Crippen molar-refractivity contribution in [2.45, 2.75) is 6.54 Å². The molecule has 5 rings (SSSR count). The first kappa shape index (κ1) is 20.3. The summed E-state index contributed by atoms with van der Waals surface area (Å²) in [6.45, 7) is 4.40. The van der Waals surface area contributed by atoms with Crippen molar-refractivity contribution in [3.05, 3.63) is 59.9 Å². The highest BCUT2D eigenvalue weighted by Crippen LogP contribution is 2.29. The van der Waals surface area contributed by atoms with E-state index in [2.05, 4.69) is 10.2 Å². The molecule has 9 heteroatoms. The fourth-order valence-corrected chi connectivity index (χ4v) is 3.99. The average molecular weight is 434 g/mol. The molecule has 1 aliphatic heterocycles. The molecule has 2 aromatic carbocycles. The highest BCUT2D eigenvalue weighted by Gasteiger charge is 2.24. The molecule has 8 nitrogen and oxygen atoms in total. The number of hydrogen-bond donors (Lipinski definition) is 2. The second kappa shape index (κ2) is 8.52. The summed E-state index contributed by atoms with van der Waals surface area (Å²) in [5, 5.41) is 2.73. The number of nitrogens with one attached hydrogen (secondary N) is 1. The third-order valence-electron chi connectivity index (χ3n) is 5.64. The zero-order valence-electron chi connectivity index (χ0n) is 17.4. The number of fused-ring (bicyclic) bond motifs is 2. The molecular formula is C23H23FN6O2. The van der Waals surface area contributed by atoms with E-state index in [4.69, 9.17) is 20.4 Å². The first-order valence-electron chi connectivity index (χ1n) is 10.5. The number of ether oxygens (including phenoxy) is 1. The van der Waals surface area contributed by atoms with Gasteiger partial charge in [-0.25, -0.2) is 14.4 Å². The first-order chi connectivity index (χ1) is 15.6. The smallest absolute Gasteiger partial charge is 0.261 e. The van der Waals surface area contributed by atoms with Gasteiger partial charge in [-0.3, -0.25) is 9.69 Å². The zero-order valence-corrected chi connectivity index (χ0v) is 17.4. The van der Waals surface area contributed by atoms with Crippen LogP contribution in [0.4, 0.5) is 15.9 Å². The lowest BCUT2D eigenvalue weighted by molar-refractivity contribution is 0.0366. The highest BCUT2D eigenvalue weighted by atomic mass is 19.1. The van der Waals surface area contributed by atoms with E-state index < -0.39 is 11.7 Å². The van der Waals surface area contributed by atoms with Crippen molar-refractivity contribution in [2.75, 3.05) is 43.9 Å². The van der Waals surface area contributed by atoms with Gasteiger partial charge in [-0.15, -0.1) is 0 Å². The first-order valence-corrected chi connectivity index (χ1v) is 10.5. The van der Waals surface area contributed by atoms with E-state index in [0.717, 1.165) is 25.2 Å². The van der Waals surface area contributed by atoms with Crippen molar-refractivity contribution in [1.82, 2.24) is 19.4 Å². The van der Waals surface area contributed by atoms with Gasteiger partial charge in [0.1, 0.15) is 22.7 Å². The molecule has 0 aliphatic carbocycles. The van der Waals surface area contributed by atoms with Crippen molar-refractivity contribution in [3.63, 3.8) is 0 Å². The number of nitrogen functional groups attached to an aromatic ring is 1. The summed E-state index contributed by atoms with van der Waals surface area (Å²) < 4.78 is 20.8. The number of aromatic nitrogens is 3. The molecule has 1 aliphatic rings. The van der Waals surface area contributed by atoms with E-state index >= 15 is 0 Å². The van der Waals surface area contributed by atoms with Crippen LogP contribution in [0.15, 0.2) is 48.5 Å². The number of halogens is 1. The number of carbonyl (C=O) groups is 1. The lowest BCUT2D eigenvalue weighted by atomic mass is 10.2. The van der Waals surface area contributed by atoms with Crippen LogP contribution >= 0.6 is 0 Å². The Bertz CT molecular complexity index is 1300. The number of hydrogen-bond acceptors (Lipinski definition) is 6. The maximum atomic E-state index is 13.6. The van der Waals surface area contributed by atoms with Gasteiger partial charge in [0.05, 0.1) is 24.2 Å². The Balaban J connectivity index is 1.56. The largest absolute Gasteiger partial charge is 0.384 e. The number of anilines is 2. The van der Waals surface area contributed by atoms with Crippen LogP contribution in [0.3, 0.4) is 0 Å². The maximum absolute atomic E-state index is 13.6. The molecule has 0 atom stereocenters. The molecule has 1 amide bonds. The number of rotatable bonds is 5. The zero-order chi connectivity index (χ0) is 22.1. The van der Waals surface area contributed by atoms with Crippen LogP contribution < -0.4 is 11.1 Å². The quantitative estimate of drug-likeness (QED) is 0.501. The van der Waals surface area contributed by atoms with E-state index in [-0.39, 0.29) is 11.4 Å². The van der Waals surface area contributed by atoms with Crippen LogP contribution in [0.25, 0.3) is 22.2 Å². The van der Waals surface area contributed by atoms with Gasteiger partial charge in [0.15, 0.2) is 5.65 Å². The molecule has 164 valence electrons. The van der Waals surface area contributed by atoms with E-state index in [9.17, 15) is 9.18 Å². The SMILES string of the molecule is Nc1c(C(=O)Nc2cccc(F)c2)c2nc3ccccc3nc2n1CCN1CCOCC1.